The summed E-state index contributed by atoms with van der Waals surface area (Å²) in [4.78, 5) is 0. The lowest BCUT2D eigenvalue weighted by Crippen LogP contribution is -2.22. The predicted octanol–water partition coefficient (Wildman–Crippen LogP) is 1.87. The first-order chi connectivity index (χ1) is 4.31. The average Bonchev–Trinajstić information content (AvgIpc) is 1.85. The van der Waals surface area contributed by atoms with Crippen LogP contribution >= 0.6 is 11.8 Å². The molecule has 0 radical (unpaired) electrons. The quantitative estimate of drug-likeness (QED) is 0.642. The highest BCUT2D eigenvalue weighted by Crippen LogP contribution is 2.03. The molecule has 2 heteroatoms. The van der Waals surface area contributed by atoms with Crippen molar-refractivity contribution in [2.45, 2.75) is 32.7 Å². The van der Waals surface area contributed by atoms with E-state index in [-0.39, 0.29) is 0 Å². The molecule has 0 saturated heterocycles. The van der Waals surface area contributed by atoms with Gasteiger partial charge < -0.3 is 5.73 Å². The highest BCUT2D eigenvalue weighted by molar-refractivity contribution is 7.99. The first-order valence-electron chi connectivity index (χ1n) is 3.64. The molecule has 0 aliphatic rings. The van der Waals surface area contributed by atoms with Crippen LogP contribution in [0, 0.1) is 0 Å². The van der Waals surface area contributed by atoms with Gasteiger partial charge in [-0.1, -0.05) is 20.3 Å². The normalized spacial score (nSPS) is 13.7. The molecule has 0 fully saturated rings. The molecule has 1 nitrogen and oxygen atoms in total. The minimum Gasteiger partial charge on any atom is -0.327 e. The zero-order valence-corrected chi connectivity index (χ0v) is 7.21. The van der Waals surface area contributed by atoms with Gasteiger partial charge in [0.15, 0.2) is 0 Å². The lowest BCUT2D eigenvalue weighted by Gasteiger charge is -2.07. The summed E-state index contributed by atoms with van der Waals surface area (Å²) in [6, 6.07) is 0.431. The Hall–Kier alpha value is 0.310. The van der Waals surface area contributed by atoms with E-state index in [2.05, 4.69) is 13.8 Å². The standard InChI is InChI=1S/C7H17NS/c1-3-5-7(8)6-9-4-2/h7H,3-6,8H2,1-2H3/t7-/m0/s1. The molecule has 0 aromatic heterocycles. The van der Waals surface area contributed by atoms with E-state index in [9.17, 15) is 0 Å². The molecule has 0 unspecified atom stereocenters. The van der Waals surface area contributed by atoms with Gasteiger partial charge in [-0.05, 0) is 12.2 Å². The zero-order chi connectivity index (χ0) is 7.11. The van der Waals surface area contributed by atoms with Gasteiger partial charge in [-0.15, -0.1) is 0 Å². The first kappa shape index (κ1) is 9.31. The van der Waals surface area contributed by atoms with Gasteiger partial charge in [0.05, 0.1) is 0 Å². The molecular formula is C7H17NS. The second kappa shape index (κ2) is 6.43. The van der Waals surface area contributed by atoms with Gasteiger partial charge in [0, 0.05) is 11.8 Å². The van der Waals surface area contributed by atoms with Gasteiger partial charge in [0.1, 0.15) is 0 Å². The van der Waals surface area contributed by atoms with Crippen molar-refractivity contribution in [1.82, 2.24) is 0 Å². The van der Waals surface area contributed by atoms with Gasteiger partial charge in [-0.2, -0.15) is 11.8 Å². The second-order valence-corrected chi connectivity index (χ2v) is 3.53. The topological polar surface area (TPSA) is 26.0 Å². The Morgan fingerprint density at radius 1 is 1.44 bits per heavy atom. The molecule has 2 N–H and O–H groups in total. The molecule has 0 aromatic rings. The van der Waals surface area contributed by atoms with Crippen molar-refractivity contribution >= 4 is 11.8 Å². The van der Waals surface area contributed by atoms with E-state index in [1.807, 2.05) is 11.8 Å². The number of nitrogens with two attached hydrogens (primary N) is 1. The van der Waals surface area contributed by atoms with E-state index < -0.39 is 0 Å². The molecule has 0 aliphatic carbocycles. The van der Waals surface area contributed by atoms with E-state index in [0.717, 1.165) is 5.75 Å². The van der Waals surface area contributed by atoms with Crippen molar-refractivity contribution in [2.75, 3.05) is 11.5 Å². The Balaban J connectivity index is 2.95. The third-order valence-electron chi connectivity index (χ3n) is 1.20. The Kier molecular flexibility index (Phi) is 6.65. The number of hydrogen-bond acceptors (Lipinski definition) is 2. The van der Waals surface area contributed by atoms with Gasteiger partial charge >= 0.3 is 0 Å². The van der Waals surface area contributed by atoms with E-state index in [4.69, 9.17) is 5.73 Å². The SMILES string of the molecule is CCC[C@H](N)CSCC. The van der Waals surface area contributed by atoms with E-state index in [1.165, 1.54) is 18.6 Å². The molecule has 0 rings (SSSR count). The zero-order valence-electron chi connectivity index (χ0n) is 6.39. The summed E-state index contributed by atoms with van der Waals surface area (Å²) in [5.74, 6) is 2.32. The van der Waals surface area contributed by atoms with Crippen LogP contribution in [0.15, 0.2) is 0 Å². The lowest BCUT2D eigenvalue weighted by atomic mass is 10.2. The number of rotatable bonds is 5. The van der Waals surface area contributed by atoms with E-state index >= 15 is 0 Å². The molecular weight excluding hydrogens is 130 g/mol. The summed E-state index contributed by atoms with van der Waals surface area (Å²) in [5.41, 5.74) is 5.75. The molecule has 9 heavy (non-hydrogen) atoms. The van der Waals surface area contributed by atoms with Crippen LogP contribution in [-0.2, 0) is 0 Å². The third-order valence-corrected chi connectivity index (χ3v) is 2.27. The molecule has 56 valence electrons. The molecule has 0 heterocycles. The molecule has 0 saturated carbocycles. The Labute approximate surface area is 62.4 Å². The van der Waals surface area contributed by atoms with Crippen LogP contribution in [0.25, 0.3) is 0 Å². The molecule has 0 bridgehead atoms. The fourth-order valence-electron chi connectivity index (χ4n) is 0.723. The maximum atomic E-state index is 5.75. The van der Waals surface area contributed by atoms with Crippen molar-refractivity contribution < 1.29 is 0 Å². The van der Waals surface area contributed by atoms with Crippen molar-refractivity contribution in [3.8, 4) is 0 Å². The van der Waals surface area contributed by atoms with Crippen LogP contribution in [0.2, 0.25) is 0 Å². The fraction of sp³-hybridized carbons (Fsp3) is 1.00. The lowest BCUT2D eigenvalue weighted by molar-refractivity contribution is 0.661. The summed E-state index contributed by atoms with van der Waals surface area (Å²) in [6.45, 7) is 4.35. The predicted molar refractivity (Wildman–Crippen MR) is 45.9 cm³/mol. The van der Waals surface area contributed by atoms with Crippen molar-refractivity contribution in [2.24, 2.45) is 5.73 Å². The highest BCUT2D eigenvalue weighted by Gasteiger charge is 1.97. The summed E-state index contributed by atoms with van der Waals surface area (Å²) in [5, 5.41) is 0. The van der Waals surface area contributed by atoms with Crippen molar-refractivity contribution in [1.29, 1.82) is 0 Å². The second-order valence-electron chi connectivity index (χ2n) is 2.21. The van der Waals surface area contributed by atoms with Crippen LogP contribution in [0.4, 0.5) is 0 Å². The van der Waals surface area contributed by atoms with Crippen LogP contribution in [0.5, 0.6) is 0 Å². The summed E-state index contributed by atoms with van der Waals surface area (Å²) in [7, 11) is 0. The van der Waals surface area contributed by atoms with Crippen LogP contribution in [0.3, 0.4) is 0 Å². The minimum atomic E-state index is 0.431. The van der Waals surface area contributed by atoms with Crippen molar-refractivity contribution in [3.05, 3.63) is 0 Å². The largest absolute Gasteiger partial charge is 0.327 e. The Morgan fingerprint density at radius 2 is 2.11 bits per heavy atom. The third kappa shape index (κ3) is 6.19. The summed E-state index contributed by atoms with van der Waals surface area (Å²) >= 11 is 1.93. The average molecular weight is 147 g/mol. The van der Waals surface area contributed by atoms with Gasteiger partial charge in [-0.3, -0.25) is 0 Å². The van der Waals surface area contributed by atoms with Gasteiger partial charge in [-0.25, -0.2) is 0 Å². The maximum Gasteiger partial charge on any atom is 0.0130 e. The monoisotopic (exact) mass is 147 g/mol. The molecule has 0 aromatic carbocycles. The number of hydrogen-bond donors (Lipinski definition) is 1. The van der Waals surface area contributed by atoms with E-state index in [1.54, 1.807) is 0 Å². The number of thioether (sulfide) groups is 1. The smallest absolute Gasteiger partial charge is 0.0130 e. The molecule has 1 atom stereocenters. The minimum absolute atomic E-state index is 0.431. The maximum absolute atomic E-state index is 5.75. The molecule has 0 amide bonds. The van der Waals surface area contributed by atoms with Crippen LogP contribution in [-0.4, -0.2) is 17.5 Å². The summed E-state index contributed by atoms with van der Waals surface area (Å²) in [6.07, 6.45) is 2.39. The highest BCUT2D eigenvalue weighted by atomic mass is 32.2. The van der Waals surface area contributed by atoms with Gasteiger partial charge in [0.25, 0.3) is 0 Å². The molecule has 0 aliphatic heterocycles. The van der Waals surface area contributed by atoms with Crippen molar-refractivity contribution in [3.63, 3.8) is 0 Å². The first-order valence-corrected chi connectivity index (χ1v) is 4.80. The Bertz CT molecular complexity index is 56.9. The van der Waals surface area contributed by atoms with Crippen LogP contribution in [0.1, 0.15) is 26.7 Å². The fourth-order valence-corrected chi connectivity index (χ4v) is 1.43. The summed E-state index contributed by atoms with van der Waals surface area (Å²) < 4.78 is 0. The molecule has 0 spiro atoms. The Morgan fingerprint density at radius 3 is 2.56 bits per heavy atom. The van der Waals surface area contributed by atoms with Gasteiger partial charge in [0.2, 0.25) is 0 Å². The van der Waals surface area contributed by atoms with E-state index in [0.29, 0.717) is 6.04 Å². The van der Waals surface area contributed by atoms with Crippen LogP contribution < -0.4 is 5.73 Å².